The molecule has 0 spiro atoms. The highest BCUT2D eigenvalue weighted by atomic mass is 16.3. The largest absolute Gasteiger partial charge is 0.388 e. The van der Waals surface area contributed by atoms with Gasteiger partial charge in [-0.25, -0.2) is 0 Å². The van der Waals surface area contributed by atoms with E-state index < -0.39 is 6.10 Å². The van der Waals surface area contributed by atoms with Crippen molar-refractivity contribution in [2.75, 3.05) is 0 Å². The van der Waals surface area contributed by atoms with Gasteiger partial charge in [-0.05, 0) is 36.6 Å². The Labute approximate surface area is 148 Å². The predicted molar refractivity (Wildman–Crippen MR) is 96.9 cm³/mol. The molecule has 0 aromatic heterocycles. The molecule has 3 N–H and O–H groups in total. The van der Waals surface area contributed by atoms with Gasteiger partial charge in [0.1, 0.15) is 0 Å². The van der Waals surface area contributed by atoms with Gasteiger partial charge in [0.2, 0.25) is 5.91 Å². The Morgan fingerprint density at radius 2 is 1.68 bits per heavy atom. The normalized spacial score (nSPS) is 12.9. The zero-order chi connectivity index (χ0) is 18.2. The molecule has 0 aliphatic heterocycles. The third-order valence-electron chi connectivity index (χ3n) is 3.90. The first-order valence-electron chi connectivity index (χ1n) is 8.33. The maximum atomic E-state index is 12.3. The third-order valence-corrected chi connectivity index (χ3v) is 3.90. The summed E-state index contributed by atoms with van der Waals surface area (Å²) in [5.41, 5.74) is 2.32. The lowest BCUT2D eigenvalue weighted by Gasteiger charge is -2.18. The van der Waals surface area contributed by atoms with Gasteiger partial charge in [0.15, 0.2) is 0 Å². The molecule has 0 fully saturated rings. The van der Waals surface area contributed by atoms with Crippen LogP contribution >= 0.6 is 0 Å². The maximum Gasteiger partial charge on any atom is 0.251 e. The van der Waals surface area contributed by atoms with E-state index in [1.807, 2.05) is 49.4 Å². The lowest BCUT2D eigenvalue weighted by molar-refractivity contribution is -0.119. The van der Waals surface area contributed by atoms with Crippen molar-refractivity contribution < 1.29 is 14.7 Å². The molecule has 2 aromatic carbocycles. The molecule has 0 aliphatic rings. The molecule has 2 aromatic rings. The molecule has 0 aliphatic carbocycles. The standard InChI is InChI=1S/C20H24N2O3/c1-14(12-19(24)17-6-4-3-5-7-17)22-20(25)18-10-8-16(9-11-18)13-21-15(2)23/h3-11,14,19,24H,12-13H2,1-2H3,(H,21,23)(H,22,25). The van der Waals surface area contributed by atoms with E-state index in [-0.39, 0.29) is 17.9 Å². The zero-order valence-corrected chi connectivity index (χ0v) is 14.5. The number of carbonyl (C=O) groups is 2. The van der Waals surface area contributed by atoms with Gasteiger partial charge in [0.05, 0.1) is 6.10 Å². The molecular formula is C20H24N2O3. The van der Waals surface area contributed by atoms with Gasteiger partial charge in [0, 0.05) is 25.1 Å². The Hall–Kier alpha value is -2.66. The van der Waals surface area contributed by atoms with Crippen molar-refractivity contribution in [1.29, 1.82) is 0 Å². The number of nitrogens with one attached hydrogen (secondary N) is 2. The van der Waals surface area contributed by atoms with E-state index >= 15 is 0 Å². The van der Waals surface area contributed by atoms with Crippen LogP contribution in [0.5, 0.6) is 0 Å². The first kappa shape index (κ1) is 18.7. The smallest absolute Gasteiger partial charge is 0.251 e. The number of carbonyl (C=O) groups excluding carboxylic acids is 2. The summed E-state index contributed by atoms with van der Waals surface area (Å²) in [6, 6.07) is 16.3. The van der Waals surface area contributed by atoms with Crippen molar-refractivity contribution >= 4 is 11.8 Å². The van der Waals surface area contributed by atoms with Crippen LogP contribution in [0.15, 0.2) is 54.6 Å². The molecule has 0 saturated carbocycles. The van der Waals surface area contributed by atoms with Crippen LogP contribution in [0.1, 0.15) is 47.9 Å². The zero-order valence-electron chi connectivity index (χ0n) is 14.5. The maximum absolute atomic E-state index is 12.3. The second kappa shape index (κ2) is 8.99. The van der Waals surface area contributed by atoms with Crippen molar-refractivity contribution in [2.45, 2.75) is 39.0 Å². The van der Waals surface area contributed by atoms with Crippen molar-refractivity contribution in [1.82, 2.24) is 10.6 Å². The Bertz CT molecular complexity index is 699. The molecule has 25 heavy (non-hydrogen) atoms. The lowest BCUT2D eigenvalue weighted by atomic mass is 10.0. The highest BCUT2D eigenvalue weighted by Crippen LogP contribution is 2.18. The number of aliphatic hydroxyl groups excluding tert-OH is 1. The number of amides is 2. The first-order valence-corrected chi connectivity index (χ1v) is 8.33. The van der Waals surface area contributed by atoms with E-state index in [0.717, 1.165) is 11.1 Å². The average Bonchev–Trinajstić information content (AvgIpc) is 2.61. The lowest BCUT2D eigenvalue weighted by Crippen LogP contribution is -2.33. The van der Waals surface area contributed by atoms with Gasteiger partial charge >= 0.3 is 0 Å². The van der Waals surface area contributed by atoms with Gasteiger partial charge in [-0.2, -0.15) is 0 Å². The summed E-state index contributed by atoms with van der Waals surface area (Å²) < 4.78 is 0. The third kappa shape index (κ3) is 6.04. The Morgan fingerprint density at radius 1 is 1.04 bits per heavy atom. The Balaban J connectivity index is 1.87. The molecule has 2 rings (SSSR count). The van der Waals surface area contributed by atoms with Crippen LogP contribution in [0, 0.1) is 0 Å². The van der Waals surface area contributed by atoms with Crippen LogP contribution in [-0.2, 0) is 11.3 Å². The quantitative estimate of drug-likeness (QED) is 0.725. The number of rotatable bonds is 7. The molecule has 0 radical (unpaired) electrons. The van der Waals surface area contributed by atoms with Crippen LogP contribution in [0.4, 0.5) is 0 Å². The average molecular weight is 340 g/mol. The molecule has 0 heterocycles. The van der Waals surface area contributed by atoms with Crippen molar-refractivity contribution in [3.05, 3.63) is 71.3 Å². The molecule has 0 bridgehead atoms. The highest BCUT2D eigenvalue weighted by Gasteiger charge is 2.15. The molecule has 0 saturated heterocycles. The first-order chi connectivity index (χ1) is 12.0. The predicted octanol–water partition coefficient (Wildman–Crippen LogP) is 2.56. The van der Waals surface area contributed by atoms with E-state index in [1.54, 1.807) is 12.1 Å². The Kier molecular flexibility index (Phi) is 6.71. The highest BCUT2D eigenvalue weighted by molar-refractivity contribution is 5.94. The molecule has 2 atom stereocenters. The number of hydrogen-bond donors (Lipinski definition) is 3. The summed E-state index contributed by atoms with van der Waals surface area (Å²) in [7, 11) is 0. The molecule has 132 valence electrons. The van der Waals surface area contributed by atoms with Crippen LogP contribution in [0.3, 0.4) is 0 Å². The summed E-state index contributed by atoms with van der Waals surface area (Å²) in [4.78, 5) is 23.2. The summed E-state index contributed by atoms with van der Waals surface area (Å²) in [5, 5.41) is 15.8. The van der Waals surface area contributed by atoms with E-state index in [0.29, 0.717) is 18.5 Å². The van der Waals surface area contributed by atoms with E-state index in [4.69, 9.17) is 0 Å². The van der Waals surface area contributed by atoms with E-state index in [2.05, 4.69) is 10.6 Å². The monoisotopic (exact) mass is 340 g/mol. The number of aliphatic hydroxyl groups is 1. The molecule has 2 amide bonds. The van der Waals surface area contributed by atoms with Gasteiger partial charge in [-0.1, -0.05) is 42.5 Å². The van der Waals surface area contributed by atoms with E-state index in [9.17, 15) is 14.7 Å². The molecule has 2 unspecified atom stereocenters. The van der Waals surface area contributed by atoms with Gasteiger partial charge in [-0.15, -0.1) is 0 Å². The number of hydrogen-bond acceptors (Lipinski definition) is 3. The fraction of sp³-hybridized carbons (Fsp3) is 0.300. The SMILES string of the molecule is CC(=O)NCc1ccc(C(=O)NC(C)CC(O)c2ccccc2)cc1. The molecular weight excluding hydrogens is 316 g/mol. The summed E-state index contributed by atoms with van der Waals surface area (Å²) in [6.45, 7) is 3.78. The summed E-state index contributed by atoms with van der Waals surface area (Å²) in [6.07, 6.45) is -0.173. The molecule has 5 heteroatoms. The summed E-state index contributed by atoms with van der Waals surface area (Å²) >= 11 is 0. The van der Waals surface area contributed by atoms with Gasteiger partial charge < -0.3 is 15.7 Å². The minimum Gasteiger partial charge on any atom is -0.388 e. The minimum absolute atomic E-state index is 0.0902. The fourth-order valence-electron chi connectivity index (χ4n) is 2.51. The van der Waals surface area contributed by atoms with Crippen molar-refractivity contribution in [2.24, 2.45) is 0 Å². The van der Waals surface area contributed by atoms with Crippen molar-refractivity contribution in [3.8, 4) is 0 Å². The Morgan fingerprint density at radius 3 is 2.28 bits per heavy atom. The van der Waals surface area contributed by atoms with Gasteiger partial charge in [-0.3, -0.25) is 9.59 Å². The fourth-order valence-corrected chi connectivity index (χ4v) is 2.51. The van der Waals surface area contributed by atoms with E-state index in [1.165, 1.54) is 6.92 Å². The summed E-state index contributed by atoms with van der Waals surface area (Å²) in [5.74, 6) is -0.272. The van der Waals surface area contributed by atoms with Crippen LogP contribution in [0.25, 0.3) is 0 Å². The van der Waals surface area contributed by atoms with Crippen LogP contribution < -0.4 is 10.6 Å². The second-order valence-electron chi connectivity index (χ2n) is 6.14. The second-order valence-corrected chi connectivity index (χ2v) is 6.14. The van der Waals surface area contributed by atoms with Gasteiger partial charge in [0.25, 0.3) is 5.91 Å². The topological polar surface area (TPSA) is 78.4 Å². The molecule has 5 nitrogen and oxygen atoms in total. The van der Waals surface area contributed by atoms with Crippen LogP contribution in [0.2, 0.25) is 0 Å². The number of benzene rings is 2. The van der Waals surface area contributed by atoms with Crippen molar-refractivity contribution in [3.63, 3.8) is 0 Å². The van der Waals surface area contributed by atoms with Crippen LogP contribution in [-0.4, -0.2) is 23.0 Å². The minimum atomic E-state index is -0.614.